The zero-order chi connectivity index (χ0) is 15.4. The molecular weight excluding hydrogens is 284 g/mol. The van der Waals surface area contributed by atoms with Crippen molar-refractivity contribution in [2.45, 2.75) is 56.3 Å². The molecule has 114 valence electrons. The van der Waals surface area contributed by atoms with E-state index >= 15 is 0 Å². The second-order valence-corrected chi connectivity index (χ2v) is 6.94. The standard InChI is InChI=1S/C17H22O3S/c1-4-15(17(19)20-11(2)3)21-14-9-7-13(8-10-14)16(18)12-5-6-12/h7-12,15H,4-6H2,1-3H3. The molecular formula is C17H22O3S. The van der Waals surface area contributed by atoms with Crippen molar-refractivity contribution in [3.05, 3.63) is 29.8 Å². The monoisotopic (exact) mass is 306 g/mol. The highest BCUT2D eigenvalue weighted by Gasteiger charge is 2.30. The molecule has 1 saturated carbocycles. The van der Waals surface area contributed by atoms with Gasteiger partial charge in [0.15, 0.2) is 5.78 Å². The van der Waals surface area contributed by atoms with Crippen molar-refractivity contribution >= 4 is 23.5 Å². The molecule has 21 heavy (non-hydrogen) atoms. The number of ether oxygens (including phenoxy) is 1. The maximum Gasteiger partial charge on any atom is 0.319 e. The number of hydrogen-bond donors (Lipinski definition) is 0. The second-order valence-electron chi connectivity index (χ2n) is 5.66. The van der Waals surface area contributed by atoms with Gasteiger partial charge in [-0.3, -0.25) is 9.59 Å². The van der Waals surface area contributed by atoms with Crippen LogP contribution in [0.5, 0.6) is 0 Å². The number of ketones is 1. The van der Waals surface area contributed by atoms with Crippen LogP contribution in [0.15, 0.2) is 29.2 Å². The molecule has 1 aliphatic rings. The van der Waals surface area contributed by atoms with Crippen molar-refractivity contribution < 1.29 is 14.3 Å². The Kier molecular flexibility index (Phi) is 5.45. The smallest absolute Gasteiger partial charge is 0.319 e. The third-order valence-corrected chi connectivity index (χ3v) is 4.71. The van der Waals surface area contributed by atoms with Crippen LogP contribution >= 0.6 is 11.8 Å². The number of Topliss-reactive ketones (excluding diaryl/α,β-unsaturated/α-hetero) is 1. The van der Waals surface area contributed by atoms with Crippen LogP contribution in [0.3, 0.4) is 0 Å². The Morgan fingerprint density at radius 3 is 2.33 bits per heavy atom. The molecule has 1 unspecified atom stereocenters. The first-order valence-corrected chi connectivity index (χ1v) is 8.40. The second kappa shape index (κ2) is 7.12. The van der Waals surface area contributed by atoms with E-state index in [2.05, 4.69) is 0 Å². The molecule has 1 atom stereocenters. The first-order chi connectivity index (χ1) is 10.0. The van der Waals surface area contributed by atoms with Crippen LogP contribution in [0.25, 0.3) is 0 Å². The Morgan fingerprint density at radius 2 is 1.86 bits per heavy atom. The summed E-state index contributed by atoms with van der Waals surface area (Å²) in [5, 5.41) is -0.197. The van der Waals surface area contributed by atoms with Crippen LogP contribution in [0.4, 0.5) is 0 Å². The van der Waals surface area contributed by atoms with Crippen LogP contribution in [0, 0.1) is 5.92 Å². The van der Waals surface area contributed by atoms with Gasteiger partial charge in [-0.2, -0.15) is 0 Å². The van der Waals surface area contributed by atoms with E-state index in [4.69, 9.17) is 4.74 Å². The Bertz CT molecular complexity index is 503. The summed E-state index contributed by atoms with van der Waals surface area (Å²) < 4.78 is 5.26. The summed E-state index contributed by atoms with van der Waals surface area (Å²) in [5.74, 6) is 0.321. The summed E-state index contributed by atoms with van der Waals surface area (Å²) in [6.45, 7) is 5.69. The fourth-order valence-corrected chi connectivity index (χ4v) is 2.99. The van der Waals surface area contributed by atoms with Crippen LogP contribution in [0.2, 0.25) is 0 Å². The van der Waals surface area contributed by atoms with Crippen LogP contribution in [0.1, 0.15) is 50.4 Å². The van der Waals surface area contributed by atoms with Crippen LogP contribution in [-0.4, -0.2) is 23.1 Å². The van der Waals surface area contributed by atoms with Crippen LogP contribution < -0.4 is 0 Å². The molecule has 2 rings (SSSR count). The lowest BCUT2D eigenvalue weighted by atomic mass is 10.1. The first-order valence-electron chi connectivity index (χ1n) is 7.52. The predicted octanol–water partition coefficient (Wildman–Crippen LogP) is 4.10. The first kappa shape index (κ1) is 16.1. The molecule has 0 aromatic heterocycles. The minimum atomic E-state index is -0.197. The van der Waals surface area contributed by atoms with Gasteiger partial charge in [-0.1, -0.05) is 19.1 Å². The molecule has 1 aromatic carbocycles. The van der Waals surface area contributed by atoms with Crippen molar-refractivity contribution in [2.24, 2.45) is 5.92 Å². The van der Waals surface area contributed by atoms with Gasteiger partial charge in [0, 0.05) is 16.4 Å². The Morgan fingerprint density at radius 1 is 1.24 bits per heavy atom. The molecule has 1 aromatic rings. The van der Waals surface area contributed by atoms with Gasteiger partial charge in [0.05, 0.1) is 6.10 Å². The molecule has 3 nitrogen and oxygen atoms in total. The molecule has 0 spiro atoms. The van der Waals surface area contributed by atoms with Gasteiger partial charge in [-0.05, 0) is 45.2 Å². The summed E-state index contributed by atoms with van der Waals surface area (Å²) >= 11 is 1.50. The fourth-order valence-electron chi connectivity index (χ4n) is 2.05. The summed E-state index contributed by atoms with van der Waals surface area (Å²) in [7, 11) is 0. The summed E-state index contributed by atoms with van der Waals surface area (Å²) in [4.78, 5) is 24.9. The van der Waals surface area contributed by atoms with E-state index in [0.717, 1.165) is 29.7 Å². The van der Waals surface area contributed by atoms with E-state index in [1.165, 1.54) is 11.8 Å². The average Bonchev–Trinajstić information content (AvgIpc) is 3.28. The highest BCUT2D eigenvalue weighted by Crippen LogP contribution is 2.33. The zero-order valence-corrected chi connectivity index (χ0v) is 13.6. The lowest BCUT2D eigenvalue weighted by Gasteiger charge is -2.16. The molecule has 0 radical (unpaired) electrons. The van der Waals surface area contributed by atoms with Gasteiger partial charge in [-0.15, -0.1) is 11.8 Å². The van der Waals surface area contributed by atoms with Gasteiger partial charge in [0.25, 0.3) is 0 Å². The minimum Gasteiger partial charge on any atom is -0.462 e. The lowest BCUT2D eigenvalue weighted by molar-refractivity contribution is -0.146. The van der Waals surface area contributed by atoms with E-state index in [9.17, 15) is 9.59 Å². The lowest BCUT2D eigenvalue weighted by Crippen LogP contribution is -2.22. The van der Waals surface area contributed by atoms with Crippen molar-refractivity contribution in [1.29, 1.82) is 0 Å². The molecule has 4 heteroatoms. The highest BCUT2D eigenvalue weighted by atomic mass is 32.2. The zero-order valence-electron chi connectivity index (χ0n) is 12.8. The topological polar surface area (TPSA) is 43.4 Å². The van der Waals surface area contributed by atoms with Gasteiger partial charge < -0.3 is 4.74 Å². The van der Waals surface area contributed by atoms with Crippen LogP contribution in [-0.2, 0) is 9.53 Å². The normalized spacial score (nSPS) is 15.8. The summed E-state index contributed by atoms with van der Waals surface area (Å²) in [6, 6.07) is 7.57. The Labute approximate surface area is 130 Å². The van der Waals surface area contributed by atoms with Gasteiger partial charge >= 0.3 is 5.97 Å². The van der Waals surface area contributed by atoms with E-state index < -0.39 is 0 Å². The number of thioether (sulfide) groups is 1. The third-order valence-electron chi connectivity index (χ3n) is 3.35. The van der Waals surface area contributed by atoms with E-state index in [-0.39, 0.29) is 29.0 Å². The number of hydrogen-bond acceptors (Lipinski definition) is 4. The molecule has 0 heterocycles. The quantitative estimate of drug-likeness (QED) is 0.432. The third kappa shape index (κ3) is 4.60. The van der Waals surface area contributed by atoms with Crippen molar-refractivity contribution in [3.63, 3.8) is 0 Å². The van der Waals surface area contributed by atoms with Gasteiger partial charge in [0.2, 0.25) is 0 Å². The SMILES string of the molecule is CCC(Sc1ccc(C(=O)C2CC2)cc1)C(=O)OC(C)C. The number of rotatable bonds is 7. The molecule has 0 aliphatic heterocycles. The Balaban J connectivity index is 1.97. The van der Waals surface area contributed by atoms with Crippen molar-refractivity contribution in [3.8, 4) is 0 Å². The van der Waals surface area contributed by atoms with E-state index in [1.54, 1.807) is 0 Å². The number of benzene rings is 1. The molecule has 1 aliphatic carbocycles. The largest absolute Gasteiger partial charge is 0.462 e. The fraction of sp³-hybridized carbons (Fsp3) is 0.529. The average molecular weight is 306 g/mol. The van der Waals surface area contributed by atoms with Gasteiger partial charge in [-0.25, -0.2) is 0 Å². The van der Waals surface area contributed by atoms with E-state index in [1.807, 2.05) is 45.0 Å². The molecule has 0 saturated heterocycles. The van der Waals surface area contributed by atoms with Gasteiger partial charge in [0.1, 0.15) is 5.25 Å². The maximum atomic E-state index is 12.0. The molecule has 1 fully saturated rings. The number of esters is 1. The maximum absolute atomic E-state index is 12.0. The summed E-state index contributed by atoms with van der Waals surface area (Å²) in [5.41, 5.74) is 0.777. The van der Waals surface area contributed by atoms with E-state index in [0.29, 0.717) is 0 Å². The Hall–Kier alpha value is -1.29. The highest BCUT2D eigenvalue weighted by molar-refractivity contribution is 8.00. The number of carbonyl (C=O) groups excluding carboxylic acids is 2. The minimum absolute atomic E-state index is 0.0920. The number of carbonyl (C=O) groups is 2. The van der Waals surface area contributed by atoms with Crippen molar-refractivity contribution in [1.82, 2.24) is 0 Å². The molecule has 0 N–H and O–H groups in total. The summed E-state index contributed by atoms with van der Waals surface area (Å²) in [6.07, 6.45) is 2.67. The molecule has 0 bridgehead atoms. The predicted molar refractivity (Wildman–Crippen MR) is 84.7 cm³/mol. The van der Waals surface area contributed by atoms with Crippen molar-refractivity contribution in [2.75, 3.05) is 0 Å². The molecule has 0 amide bonds.